The number of esters is 1. The van der Waals surface area contributed by atoms with Crippen molar-refractivity contribution in [2.24, 2.45) is 0 Å². The van der Waals surface area contributed by atoms with E-state index in [1.54, 1.807) is 0 Å². The number of rotatable bonds is 4. The highest BCUT2D eigenvalue weighted by Crippen LogP contribution is 2.39. The molecule has 2 aromatic carbocycles. The van der Waals surface area contributed by atoms with Gasteiger partial charge in [-0.1, -0.05) is 11.6 Å². The molecule has 0 atom stereocenters. The highest BCUT2D eigenvalue weighted by atomic mass is 35.5. The molecule has 0 fully saturated rings. The minimum atomic E-state index is -4.81. The maximum Gasteiger partial charge on any atom is 0.416 e. The summed E-state index contributed by atoms with van der Waals surface area (Å²) in [4.78, 5) is 21.7. The molecule has 0 N–H and O–H groups in total. The monoisotopic (exact) mass is 393 g/mol. The zero-order chi connectivity index (χ0) is 19.6. The predicted molar refractivity (Wildman–Crippen MR) is 80.9 cm³/mol. The molecule has 0 unspecified atom stereocenters. The number of carbonyl (C=O) groups excluding carboxylic acids is 1. The average molecular weight is 394 g/mol. The van der Waals surface area contributed by atoms with Crippen molar-refractivity contribution in [1.82, 2.24) is 0 Å². The first kappa shape index (κ1) is 19.4. The number of ether oxygens (including phenoxy) is 2. The molecular formula is C15H8ClF4NO5. The number of nitrogens with zero attached hydrogens (tertiary/aromatic N) is 1. The van der Waals surface area contributed by atoms with Crippen molar-refractivity contribution in [3.05, 3.63) is 62.4 Å². The molecule has 0 heterocycles. The smallest absolute Gasteiger partial charge is 0.416 e. The molecule has 0 spiro atoms. The van der Waals surface area contributed by atoms with Gasteiger partial charge >= 0.3 is 12.1 Å². The number of benzene rings is 2. The van der Waals surface area contributed by atoms with Crippen LogP contribution in [0.3, 0.4) is 0 Å². The van der Waals surface area contributed by atoms with E-state index in [0.29, 0.717) is 6.07 Å². The molecule has 2 rings (SSSR count). The van der Waals surface area contributed by atoms with Gasteiger partial charge in [0.05, 0.1) is 22.6 Å². The van der Waals surface area contributed by atoms with E-state index < -0.39 is 50.5 Å². The summed E-state index contributed by atoms with van der Waals surface area (Å²) in [6.45, 7) is 0. The summed E-state index contributed by atoms with van der Waals surface area (Å²) < 4.78 is 61.3. The topological polar surface area (TPSA) is 78.7 Å². The quantitative estimate of drug-likeness (QED) is 0.316. The van der Waals surface area contributed by atoms with Crippen molar-refractivity contribution in [3.8, 4) is 11.5 Å². The first-order valence-corrected chi connectivity index (χ1v) is 7.03. The zero-order valence-electron chi connectivity index (χ0n) is 12.8. The number of carbonyl (C=O) groups is 1. The van der Waals surface area contributed by atoms with Crippen molar-refractivity contribution < 1.29 is 36.8 Å². The van der Waals surface area contributed by atoms with Crippen LogP contribution in [0.15, 0.2) is 30.3 Å². The number of nitro benzene ring substituents is 1. The van der Waals surface area contributed by atoms with E-state index in [1.807, 2.05) is 0 Å². The van der Waals surface area contributed by atoms with Crippen molar-refractivity contribution in [1.29, 1.82) is 0 Å². The molecule has 11 heteroatoms. The molecule has 0 aliphatic rings. The molecule has 0 radical (unpaired) electrons. The normalized spacial score (nSPS) is 11.2. The number of hydrogen-bond acceptors (Lipinski definition) is 5. The molecule has 26 heavy (non-hydrogen) atoms. The summed E-state index contributed by atoms with van der Waals surface area (Å²) in [5.74, 6) is -3.45. The fourth-order valence-corrected chi connectivity index (χ4v) is 2.20. The minimum absolute atomic E-state index is 0.188. The van der Waals surface area contributed by atoms with Gasteiger partial charge in [0.25, 0.3) is 5.69 Å². The van der Waals surface area contributed by atoms with Crippen molar-refractivity contribution >= 4 is 23.3 Å². The van der Waals surface area contributed by atoms with Crippen LogP contribution in [-0.2, 0) is 10.9 Å². The van der Waals surface area contributed by atoms with E-state index in [4.69, 9.17) is 16.3 Å². The maximum absolute atomic E-state index is 14.0. The van der Waals surface area contributed by atoms with Crippen molar-refractivity contribution in [2.45, 2.75) is 6.18 Å². The molecule has 138 valence electrons. The third-order valence-corrected chi connectivity index (χ3v) is 3.40. The highest BCUT2D eigenvalue weighted by molar-refractivity contribution is 6.32. The second kappa shape index (κ2) is 7.16. The summed E-state index contributed by atoms with van der Waals surface area (Å²) in [5, 5.41) is 10.2. The van der Waals surface area contributed by atoms with E-state index in [1.165, 1.54) is 0 Å². The average Bonchev–Trinajstić information content (AvgIpc) is 2.56. The molecule has 0 aliphatic carbocycles. The lowest BCUT2D eigenvalue weighted by atomic mass is 10.1. The number of hydrogen-bond donors (Lipinski definition) is 0. The Morgan fingerprint density at radius 1 is 1.23 bits per heavy atom. The van der Waals surface area contributed by atoms with E-state index in [0.717, 1.165) is 25.3 Å². The maximum atomic E-state index is 14.0. The lowest BCUT2D eigenvalue weighted by molar-refractivity contribution is -0.385. The van der Waals surface area contributed by atoms with Gasteiger partial charge in [-0.15, -0.1) is 0 Å². The molecular weight excluding hydrogens is 386 g/mol. The van der Waals surface area contributed by atoms with Gasteiger partial charge in [0, 0.05) is 12.1 Å². The molecule has 0 bridgehead atoms. The van der Waals surface area contributed by atoms with E-state index in [-0.39, 0.29) is 11.8 Å². The van der Waals surface area contributed by atoms with Crippen LogP contribution in [0, 0.1) is 15.9 Å². The van der Waals surface area contributed by atoms with Gasteiger partial charge in [-0.25, -0.2) is 9.18 Å². The van der Waals surface area contributed by atoms with Gasteiger partial charge in [-0.3, -0.25) is 10.1 Å². The summed E-state index contributed by atoms with van der Waals surface area (Å²) in [5.41, 5.74) is -2.40. The second-order valence-electron chi connectivity index (χ2n) is 4.80. The van der Waals surface area contributed by atoms with Gasteiger partial charge in [-0.05, 0) is 18.2 Å². The summed E-state index contributed by atoms with van der Waals surface area (Å²) in [7, 11) is 0.992. The predicted octanol–water partition coefficient (Wildman–Crippen LogP) is 4.99. The lowest BCUT2D eigenvalue weighted by Crippen LogP contribution is -2.07. The number of methoxy groups -OCH3 is 1. The molecule has 0 saturated carbocycles. The highest BCUT2D eigenvalue weighted by Gasteiger charge is 2.33. The number of alkyl halides is 3. The van der Waals surface area contributed by atoms with E-state index >= 15 is 0 Å². The Hall–Kier alpha value is -2.88. The summed E-state index contributed by atoms with van der Waals surface area (Å²) in [6.07, 6.45) is -4.81. The minimum Gasteiger partial charge on any atom is -0.465 e. The van der Waals surface area contributed by atoms with Gasteiger partial charge in [0.1, 0.15) is 11.3 Å². The molecule has 0 aromatic heterocycles. The Kier molecular flexibility index (Phi) is 5.36. The van der Waals surface area contributed by atoms with Crippen LogP contribution in [0.4, 0.5) is 23.2 Å². The Bertz CT molecular complexity index is 862. The van der Waals surface area contributed by atoms with Crippen molar-refractivity contribution in [3.63, 3.8) is 0 Å². The largest absolute Gasteiger partial charge is 0.465 e. The van der Waals surface area contributed by atoms with Crippen molar-refractivity contribution in [2.75, 3.05) is 7.11 Å². The lowest BCUT2D eigenvalue weighted by Gasteiger charge is -2.13. The van der Waals surface area contributed by atoms with Crippen LogP contribution in [0.5, 0.6) is 11.5 Å². The molecule has 0 amide bonds. The summed E-state index contributed by atoms with van der Waals surface area (Å²) >= 11 is 5.64. The third kappa shape index (κ3) is 4.02. The number of nitro groups is 1. The van der Waals surface area contributed by atoms with Crippen LogP contribution in [-0.4, -0.2) is 18.0 Å². The fourth-order valence-electron chi connectivity index (χ4n) is 1.95. The first-order valence-electron chi connectivity index (χ1n) is 6.65. The van der Waals surface area contributed by atoms with Crippen LogP contribution in [0.2, 0.25) is 5.02 Å². The summed E-state index contributed by atoms with van der Waals surface area (Å²) in [6, 6.07) is 3.47. The zero-order valence-corrected chi connectivity index (χ0v) is 13.5. The van der Waals surface area contributed by atoms with Gasteiger partial charge < -0.3 is 9.47 Å². The standard InChI is InChI=1S/C15H8ClF4NO5/c1-25-14(22)9-6-8(2-3-12(9)21(23)24)26-13-10(16)4-7(5-11(13)17)15(18,19)20/h2-6H,1H3. The van der Waals surface area contributed by atoms with E-state index in [9.17, 15) is 32.5 Å². The van der Waals surface area contributed by atoms with Gasteiger partial charge in [0.2, 0.25) is 0 Å². The molecule has 0 aliphatic heterocycles. The Morgan fingerprint density at radius 2 is 1.88 bits per heavy atom. The first-order chi connectivity index (χ1) is 12.0. The molecule has 6 nitrogen and oxygen atoms in total. The van der Waals surface area contributed by atoms with Gasteiger partial charge in [-0.2, -0.15) is 13.2 Å². The molecule has 2 aromatic rings. The van der Waals surface area contributed by atoms with Crippen LogP contribution in [0.1, 0.15) is 15.9 Å². The van der Waals surface area contributed by atoms with Gasteiger partial charge in [0.15, 0.2) is 11.6 Å². The molecule has 0 saturated heterocycles. The fraction of sp³-hybridized carbons (Fsp3) is 0.133. The third-order valence-electron chi connectivity index (χ3n) is 3.12. The van der Waals surface area contributed by atoms with Crippen LogP contribution in [0.25, 0.3) is 0 Å². The second-order valence-corrected chi connectivity index (χ2v) is 5.20. The van der Waals surface area contributed by atoms with Crippen LogP contribution >= 0.6 is 11.6 Å². The number of halogens is 5. The van der Waals surface area contributed by atoms with E-state index in [2.05, 4.69) is 4.74 Å². The van der Waals surface area contributed by atoms with Crippen LogP contribution < -0.4 is 4.74 Å². The SMILES string of the molecule is COC(=O)c1cc(Oc2c(F)cc(C(F)(F)F)cc2Cl)ccc1[N+](=O)[O-]. The Morgan fingerprint density at radius 3 is 2.38 bits per heavy atom. The Labute approximate surface area is 148 Å². The Balaban J connectivity index is 2.46.